The summed E-state index contributed by atoms with van der Waals surface area (Å²) in [4.78, 5) is 11.1. The Morgan fingerprint density at radius 2 is 2.20 bits per heavy atom. The Morgan fingerprint density at radius 3 is 2.87 bits per heavy atom. The molecule has 0 saturated heterocycles. The van der Waals surface area contributed by atoms with Gasteiger partial charge >= 0.3 is 0 Å². The minimum atomic E-state index is 0.155. The fraction of sp³-hybridized carbons (Fsp3) is 0.250. The third-order valence-corrected chi connectivity index (χ3v) is 2.78. The maximum atomic E-state index is 11.1. The lowest BCUT2D eigenvalue weighted by molar-refractivity contribution is -0.116. The van der Waals surface area contributed by atoms with Crippen molar-refractivity contribution in [2.24, 2.45) is 7.05 Å². The maximum absolute atomic E-state index is 11.1. The van der Waals surface area contributed by atoms with Crippen LogP contribution in [0.25, 0.3) is 10.9 Å². The van der Waals surface area contributed by atoms with E-state index in [4.69, 9.17) is 11.6 Å². The molecule has 78 valence electrons. The molecule has 0 radical (unpaired) electrons. The summed E-state index contributed by atoms with van der Waals surface area (Å²) in [7, 11) is 1.95. The second-order valence-corrected chi connectivity index (χ2v) is 4.19. The highest BCUT2D eigenvalue weighted by molar-refractivity contribution is 6.36. The molecule has 0 spiro atoms. The van der Waals surface area contributed by atoms with Crippen LogP contribution in [-0.2, 0) is 18.3 Å². The summed E-state index contributed by atoms with van der Waals surface area (Å²) in [6, 6.07) is 5.91. The molecule has 2 rings (SSSR count). The highest BCUT2D eigenvalue weighted by atomic mass is 35.5. The normalized spacial score (nSPS) is 10.9. The molecule has 2 nitrogen and oxygen atoms in total. The number of aryl methyl sites for hydroxylation is 1. The summed E-state index contributed by atoms with van der Waals surface area (Å²) in [5, 5.41) is 1.71. The first-order valence-electron chi connectivity index (χ1n) is 4.81. The van der Waals surface area contributed by atoms with E-state index in [9.17, 15) is 4.79 Å². The molecule has 0 aliphatic heterocycles. The fourth-order valence-electron chi connectivity index (χ4n) is 1.88. The van der Waals surface area contributed by atoms with E-state index in [1.165, 1.54) is 0 Å². The summed E-state index contributed by atoms with van der Waals surface area (Å²) in [6.45, 7) is 1.59. The van der Waals surface area contributed by atoms with Crippen LogP contribution >= 0.6 is 11.6 Å². The number of benzene rings is 1. The highest BCUT2D eigenvalue weighted by Crippen LogP contribution is 2.28. The molecule has 1 aromatic carbocycles. The van der Waals surface area contributed by atoms with Gasteiger partial charge in [0.05, 0.1) is 5.02 Å². The van der Waals surface area contributed by atoms with Crippen molar-refractivity contribution in [3.63, 3.8) is 0 Å². The van der Waals surface area contributed by atoms with Gasteiger partial charge in [-0.1, -0.05) is 23.7 Å². The van der Waals surface area contributed by atoms with Gasteiger partial charge in [-0.2, -0.15) is 0 Å². The quantitative estimate of drug-likeness (QED) is 0.764. The van der Waals surface area contributed by atoms with Crippen LogP contribution in [0.15, 0.2) is 24.4 Å². The summed E-state index contributed by atoms with van der Waals surface area (Å²) < 4.78 is 1.97. The lowest BCUT2D eigenvalue weighted by Crippen LogP contribution is -1.96. The number of hydrogen-bond donors (Lipinski definition) is 0. The number of carbonyl (C=O) groups excluding carboxylic acids is 1. The molecule has 3 heteroatoms. The Balaban J connectivity index is 2.69. The van der Waals surface area contributed by atoms with Gasteiger partial charge in [-0.25, -0.2) is 0 Å². The van der Waals surface area contributed by atoms with E-state index in [-0.39, 0.29) is 5.78 Å². The Hall–Kier alpha value is -1.28. The second-order valence-electron chi connectivity index (χ2n) is 3.78. The summed E-state index contributed by atoms with van der Waals surface area (Å²) >= 11 is 6.13. The van der Waals surface area contributed by atoms with Crippen LogP contribution in [0.4, 0.5) is 0 Å². The molecule has 1 aromatic heterocycles. The van der Waals surface area contributed by atoms with Crippen LogP contribution < -0.4 is 0 Å². The molecule has 15 heavy (non-hydrogen) atoms. The average molecular weight is 222 g/mol. The number of hydrogen-bond acceptors (Lipinski definition) is 1. The average Bonchev–Trinajstić information content (AvgIpc) is 2.43. The summed E-state index contributed by atoms with van der Waals surface area (Å²) in [5.74, 6) is 0.155. The fourth-order valence-corrected chi connectivity index (χ4v) is 2.24. The lowest BCUT2D eigenvalue weighted by Gasteiger charge is -2.02. The predicted molar refractivity (Wildman–Crippen MR) is 62.3 cm³/mol. The first kappa shape index (κ1) is 10.2. The summed E-state index contributed by atoms with van der Waals surface area (Å²) in [5.41, 5.74) is 2.07. The van der Waals surface area contributed by atoms with Gasteiger partial charge in [-0.3, -0.25) is 4.79 Å². The van der Waals surface area contributed by atoms with E-state index >= 15 is 0 Å². The minimum absolute atomic E-state index is 0.155. The van der Waals surface area contributed by atoms with Gasteiger partial charge in [0, 0.05) is 30.6 Å². The van der Waals surface area contributed by atoms with Gasteiger partial charge in [-0.05, 0) is 18.6 Å². The first-order chi connectivity index (χ1) is 7.09. The largest absolute Gasteiger partial charge is 0.349 e. The number of halogens is 1. The van der Waals surface area contributed by atoms with Crippen LogP contribution in [-0.4, -0.2) is 10.4 Å². The van der Waals surface area contributed by atoms with Crippen molar-refractivity contribution >= 4 is 28.3 Å². The van der Waals surface area contributed by atoms with Crippen molar-refractivity contribution in [3.05, 3.63) is 35.0 Å². The predicted octanol–water partition coefficient (Wildman–Crippen LogP) is 2.96. The van der Waals surface area contributed by atoms with Crippen molar-refractivity contribution in [2.45, 2.75) is 13.3 Å². The van der Waals surface area contributed by atoms with Crippen LogP contribution in [0.2, 0.25) is 5.02 Å². The molecule has 0 bridgehead atoms. The number of nitrogens with zero attached hydrogens (tertiary/aromatic N) is 1. The second kappa shape index (κ2) is 3.70. The number of ketones is 1. The number of carbonyl (C=O) groups is 1. The van der Waals surface area contributed by atoms with Gasteiger partial charge in [-0.15, -0.1) is 0 Å². The lowest BCUT2D eigenvalue weighted by atomic mass is 10.1. The van der Waals surface area contributed by atoms with Crippen molar-refractivity contribution in [3.8, 4) is 0 Å². The molecule has 2 aromatic rings. The number of rotatable bonds is 2. The maximum Gasteiger partial charge on any atom is 0.134 e. The number of Topliss-reactive ketones (excluding diaryl/α,β-unsaturated/α-hetero) is 1. The molecule has 1 heterocycles. The zero-order valence-electron chi connectivity index (χ0n) is 8.75. The Labute approximate surface area is 93.5 Å². The van der Waals surface area contributed by atoms with Crippen molar-refractivity contribution in [1.29, 1.82) is 0 Å². The van der Waals surface area contributed by atoms with Crippen LogP contribution in [0.1, 0.15) is 12.5 Å². The van der Waals surface area contributed by atoms with Gasteiger partial charge in [0.15, 0.2) is 0 Å². The molecular weight excluding hydrogens is 210 g/mol. The van der Waals surface area contributed by atoms with E-state index in [0.29, 0.717) is 11.4 Å². The topological polar surface area (TPSA) is 22.0 Å². The SMILES string of the molecule is CC(=O)Cc1cccc2c1c(Cl)cn2C. The van der Waals surface area contributed by atoms with Crippen LogP contribution in [0, 0.1) is 0 Å². The van der Waals surface area contributed by atoms with E-state index < -0.39 is 0 Å². The number of aromatic nitrogens is 1. The first-order valence-corrected chi connectivity index (χ1v) is 5.19. The molecule has 0 fully saturated rings. The Bertz CT molecular complexity index is 528. The van der Waals surface area contributed by atoms with Gasteiger partial charge < -0.3 is 4.57 Å². The molecule has 0 unspecified atom stereocenters. The molecule has 0 saturated carbocycles. The Kier molecular flexibility index (Phi) is 2.53. The Morgan fingerprint density at radius 1 is 1.47 bits per heavy atom. The molecule has 0 aliphatic carbocycles. The van der Waals surface area contributed by atoms with Crippen molar-refractivity contribution < 1.29 is 4.79 Å². The van der Waals surface area contributed by atoms with Gasteiger partial charge in [0.1, 0.15) is 5.78 Å². The van der Waals surface area contributed by atoms with E-state index in [2.05, 4.69) is 0 Å². The minimum Gasteiger partial charge on any atom is -0.349 e. The summed E-state index contributed by atoms with van der Waals surface area (Å²) in [6.07, 6.45) is 2.32. The third-order valence-electron chi connectivity index (χ3n) is 2.49. The van der Waals surface area contributed by atoms with E-state index in [0.717, 1.165) is 16.5 Å². The third kappa shape index (κ3) is 1.77. The molecular formula is C12H12ClNO. The van der Waals surface area contributed by atoms with E-state index in [1.807, 2.05) is 36.0 Å². The molecule has 0 N–H and O–H groups in total. The number of fused-ring (bicyclic) bond motifs is 1. The monoisotopic (exact) mass is 221 g/mol. The van der Waals surface area contributed by atoms with Crippen molar-refractivity contribution in [1.82, 2.24) is 4.57 Å². The van der Waals surface area contributed by atoms with Crippen LogP contribution in [0.3, 0.4) is 0 Å². The smallest absolute Gasteiger partial charge is 0.134 e. The molecule has 0 amide bonds. The van der Waals surface area contributed by atoms with Crippen molar-refractivity contribution in [2.75, 3.05) is 0 Å². The van der Waals surface area contributed by atoms with Crippen LogP contribution in [0.5, 0.6) is 0 Å². The zero-order chi connectivity index (χ0) is 11.0. The van der Waals surface area contributed by atoms with Gasteiger partial charge in [0.2, 0.25) is 0 Å². The highest BCUT2D eigenvalue weighted by Gasteiger charge is 2.10. The van der Waals surface area contributed by atoms with E-state index in [1.54, 1.807) is 6.92 Å². The molecule has 0 atom stereocenters. The van der Waals surface area contributed by atoms with Gasteiger partial charge in [0.25, 0.3) is 0 Å². The standard InChI is InChI=1S/C12H12ClNO/c1-8(15)6-9-4-3-5-11-12(9)10(13)7-14(11)2/h3-5,7H,6H2,1-2H3. The molecule has 0 aliphatic rings. The zero-order valence-corrected chi connectivity index (χ0v) is 9.51.